The van der Waals surface area contributed by atoms with Crippen molar-refractivity contribution < 1.29 is 14.3 Å². The number of carbonyl (C=O) groups is 2. The molecule has 0 bridgehead atoms. The fourth-order valence-corrected chi connectivity index (χ4v) is 2.66. The van der Waals surface area contributed by atoms with Crippen LogP contribution in [-0.2, 0) is 14.3 Å². The molecule has 5 heteroatoms. The van der Waals surface area contributed by atoms with Gasteiger partial charge in [-0.2, -0.15) is 0 Å². The van der Waals surface area contributed by atoms with E-state index in [1.54, 1.807) is 12.0 Å². The van der Waals surface area contributed by atoms with Crippen LogP contribution in [0.4, 0.5) is 5.69 Å². The van der Waals surface area contributed by atoms with Gasteiger partial charge < -0.3 is 15.0 Å². The fourth-order valence-electron chi connectivity index (χ4n) is 2.66. The van der Waals surface area contributed by atoms with Crippen LogP contribution in [0, 0.1) is 19.8 Å². The van der Waals surface area contributed by atoms with Gasteiger partial charge in [-0.25, -0.2) is 0 Å². The molecule has 1 unspecified atom stereocenters. The molecule has 0 aliphatic carbocycles. The second-order valence-electron chi connectivity index (χ2n) is 5.54. The molecular weight excluding hydrogens is 268 g/mol. The van der Waals surface area contributed by atoms with Crippen molar-refractivity contribution in [3.8, 4) is 0 Å². The van der Waals surface area contributed by atoms with E-state index >= 15 is 0 Å². The summed E-state index contributed by atoms with van der Waals surface area (Å²) in [5.41, 5.74) is 3.11. The first-order chi connectivity index (χ1) is 10.0. The molecule has 1 N–H and O–H groups in total. The van der Waals surface area contributed by atoms with Crippen molar-refractivity contribution in [3.05, 3.63) is 29.3 Å². The van der Waals surface area contributed by atoms with Crippen LogP contribution in [0.3, 0.4) is 0 Å². The van der Waals surface area contributed by atoms with E-state index in [4.69, 9.17) is 4.74 Å². The zero-order chi connectivity index (χ0) is 15.4. The van der Waals surface area contributed by atoms with Gasteiger partial charge in [0.1, 0.15) is 0 Å². The average molecular weight is 290 g/mol. The van der Waals surface area contributed by atoms with Crippen LogP contribution >= 0.6 is 0 Å². The number of aryl methyl sites for hydroxylation is 2. The Hall–Kier alpha value is -1.88. The maximum atomic E-state index is 12.2. The van der Waals surface area contributed by atoms with Crippen LogP contribution in [0.5, 0.6) is 0 Å². The quantitative estimate of drug-likeness (QED) is 0.834. The number of amides is 2. The molecule has 2 amide bonds. The molecule has 21 heavy (non-hydrogen) atoms. The topological polar surface area (TPSA) is 58.6 Å². The summed E-state index contributed by atoms with van der Waals surface area (Å²) in [5.74, 6) is -0.352. The number of benzene rings is 1. The summed E-state index contributed by atoms with van der Waals surface area (Å²) in [7, 11) is 1.59. The Kier molecular flexibility index (Phi) is 4.96. The molecule has 1 aromatic carbocycles. The maximum absolute atomic E-state index is 12.2. The molecule has 1 heterocycles. The minimum Gasteiger partial charge on any atom is -0.383 e. The molecule has 0 radical (unpaired) electrons. The normalized spacial score (nSPS) is 18.1. The summed E-state index contributed by atoms with van der Waals surface area (Å²) in [4.78, 5) is 25.9. The molecule has 1 saturated heterocycles. The summed E-state index contributed by atoms with van der Waals surface area (Å²) in [6.45, 7) is 5.41. The molecule has 0 aromatic heterocycles. The highest BCUT2D eigenvalue weighted by Crippen LogP contribution is 2.26. The second kappa shape index (κ2) is 6.72. The largest absolute Gasteiger partial charge is 0.383 e. The van der Waals surface area contributed by atoms with Crippen LogP contribution in [0.1, 0.15) is 17.5 Å². The third kappa shape index (κ3) is 3.82. The van der Waals surface area contributed by atoms with E-state index in [0.29, 0.717) is 19.7 Å². The van der Waals surface area contributed by atoms with Gasteiger partial charge in [0.2, 0.25) is 11.8 Å². The van der Waals surface area contributed by atoms with Crippen molar-refractivity contribution in [2.24, 2.45) is 5.92 Å². The number of carbonyl (C=O) groups excluding carboxylic acids is 2. The van der Waals surface area contributed by atoms with Crippen molar-refractivity contribution in [3.63, 3.8) is 0 Å². The first-order valence-corrected chi connectivity index (χ1v) is 7.16. The standard InChI is InChI=1S/C16H22N2O3/c1-11-6-12(2)8-14(7-11)18-10-13(9-15(18)19)16(20)17-4-5-21-3/h6-8,13H,4-5,9-10H2,1-3H3,(H,17,20). The molecule has 1 aliphatic heterocycles. The third-order valence-corrected chi connectivity index (χ3v) is 3.62. The Morgan fingerprint density at radius 3 is 2.62 bits per heavy atom. The lowest BCUT2D eigenvalue weighted by Gasteiger charge is -2.18. The van der Waals surface area contributed by atoms with E-state index in [1.165, 1.54) is 0 Å². The number of rotatable bonds is 5. The number of hydrogen-bond donors (Lipinski definition) is 1. The minimum absolute atomic E-state index is 0.00638. The first kappa shape index (κ1) is 15.5. The second-order valence-corrected chi connectivity index (χ2v) is 5.54. The maximum Gasteiger partial charge on any atom is 0.227 e. The summed E-state index contributed by atoms with van der Waals surface area (Å²) >= 11 is 0. The van der Waals surface area contributed by atoms with Gasteiger partial charge in [-0.05, 0) is 37.1 Å². The number of hydrogen-bond acceptors (Lipinski definition) is 3. The van der Waals surface area contributed by atoms with Crippen molar-refractivity contribution in [1.82, 2.24) is 5.32 Å². The molecule has 0 spiro atoms. The van der Waals surface area contributed by atoms with E-state index in [2.05, 4.69) is 11.4 Å². The summed E-state index contributed by atoms with van der Waals surface area (Å²) < 4.78 is 4.90. The highest BCUT2D eigenvalue weighted by molar-refractivity contribution is 6.00. The molecule has 5 nitrogen and oxygen atoms in total. The SMILES string of the molecule is COCCNC(=O)C1CC(=O)N(c2cc(C)cc(C)c2)C1. The molecule has 1 aliphatic rings. The third-order valence-electron chi connectivity index (χ3n) is 3.62. The van der Waals surface area contributed by atoms with Crippen LogP contribution in [0.15, 0.2) is 18.2 Å². The molecule has 0 saturated carbocycles. The van der Waals surface area contributed by atoms with E-state index in [-0.39, 0.29) is 24.2 Å². The molecule has 2 rings (SSSR count). The van der Waals surface area contributed by atoms with E-state index < -0.39 is 0 Å². The van der Waals surface area contributed by atoms with Crippen LogP contribution in [0.25, 0.3) is 0 Å². The Morgan fingerprint density at radius 2 is 2.00 bits per heavy atom. The summed E-state index contributed by atoms with van der Waals surface area (Å²) in [6, 6.07) is 6.03. The fraction of sp³-hybridized carbons (Fsp3) is 0.500. The average Bonchev–Trinajstić information content (AvgIpc) is 2.80. The Morgan fingerprint density at radius 1 is 1.33 bits per heavy atom. The number of anilines is 1. The molecule has 1 atom stereocenters. The lowest BCUT2D eigenvalue weighted by molar-refractivity contribution is -0.126. The zero-order valence-corrected chi connectivity index (χ0v) is 12.8. The number of nitrogens with zero attached hydrogens (tertiary/aromatic N) is 1. The Bertz CT molecular complexity index is 522. The highest BCUT2D eigenvalue weighted by atomic mass is 16.5. The monoisotopic (exact) mass is 290 g/mol. The van der Waals surface area contributed by atoms with Gasteiger partial charge in [-0.15, -0.1) is 0 Å². The highest BCUT2D eigenvalue weighted by Gasteiger charge is 2.35. The van der Waals surface area contributed by atoms with Crippen molar-refractivity contribution in [2.45, 2.75) is 20.3 Å². The van der Waals surface area contributed by atoms with Gasteiger partial charge in [0.25, 0.3) is 0 Å². The van der Waals surface area contributed by atoms with E-state index in [1.807, 2.05) is 26.0 Å². The van der Waals surface area contributed by atoms with E-state index in [0.717, 1.165) is 16.8 Å². The molecule has 1 aromatic rings. The van der Waals surface area contributed by atoms with Crippen LogP contribution < -0.4 is 10.2 Å². The van der Waals surface area contributed by atoms with Gasteiger partial charge >= 0.3 is 0 Å². The summed E-state index contributed by atoms with van der Waals surface area (Å²) in [6.07, 6.45) is 0.270. The van der Waals surface area contributed by atoms with Crippen LogP contribution in [-0.4, -0.2) is 38.6 Å². The minimum atomic E-state index is -0.282. The van der Waals surface area contributed by atoms with Crippen molar-refractivity contribution >= 4 is 17.5 Å². The molecular formula is C16H22N2O3. The van der Waals surface area contributed by atoms with Gasteiger partial charge in [0.05, 0.1) is 12.5 Å². The smallest absolute Gasteiger partial charge is 0.227 e. The van der Waals surface area contributed by atoms with Gasteiger partial charge in [0, 0.05) is 32.3 Å². The molecule has 1 fully saturated rings. The summed E-state index contributed by atoms with van der Waals surface area (Å²) in [5, 5.41) is 2.80. The van der Waals surface area contributed by atoms with E-state index in [9.17, 15) is 9.59 Å². The van der Waals surface area contributed by atoms with Crippen molar-refractivity contribution in [2.75, 3.05) is 31.7 Å². The first-order valence-electron chi connectivity index (χ1n) is 7.16. The Labute approximate surface area is 125 Å². The van der Waals surface area contributed by atoms with Gasteiger partial charge in [-0.1, -0.05) is 6.07 Å². The van der Waals surface area contributed by atoms with Gasteiger partial charge in [0.15, 0.2) is 0 Å². The lowest BCUT2D eigenvalue weighted by Crippen LogP contribution is -2.34. The molecule has 114 valence electrons. The van der Waals surface area contributed by atoms with Crippen LogP contribution in [0.2, 0.25) is 0 Å². The predicted molar refractivity (Wildman–Crippen MR) is 81.3 cm³/mol. The number of nitrogens with one attached hydrogen (secondary N) is 1. The Balaban J connectivity index is 2.04. The number of methoxy groups -OCH3 is 1. The zero-order valence-electron chi connectivity index (χ0n) is 12.8. The lowest BCUT2D eigenvalue weighted by atomic mass is 10.1. The number of ether oxygens (including phenoxy) is 1. The van der Waals surface area contributed by atoms with Crippen molar-refractivity contribution in [1.29, 1.82) is 0 Å². The van der Waals surface area contributed by atoms with Gasteiger partial charge in [-0.3, -0.25) is 9.59 Å². The predicted octanol–water partition coefficient (Wildman–Crippen LogP) is 1.42.